The molecule has 0 saturated heterocycles. The van der Waals surface area contributed by atoms with E-state index in [1.54, 1.807) is 13.0 Å². The van der Waals surface area contributed by atoms with Crippen molar-refractivity contribution in [2.75, 3.05) is 13.2 Å². The first-order valence-corrected chi connectivity index (χ1v) is 7.12. The molecule has 0 aliphatic heterocycles. The smallest absolute Gasteiger partial charge is 0.353 e. The third-order valence-electron chi connectivity index (χ3n) is 2.77. The number of halogens is 1. The van der Waals surface area contributed by atoms with Crippen molar-refractivity contribution in [2.24, 2.45) is 0 Å². The zero-order valence-corrected chi connectivity index (χ0v) is 13.1. The van der Waals surface area contributed by atoms with Crippen LogP contribution in [-0.2, 0) is 9.53 Å². The maximum absolute atomic E-state index is 12.0. The molecule has 0 radical (unpaired) electrons. The van der Waals surface area contributed by atoms with Gasteiger partial charge in [-0.15, -0.1) is 0 Å². The summed E-state index contributed by atoms with van der Waals surface area (Å²) in [6, 6.07) is 4.62. The normalized spacial score (nSPS) is 10.5. The Bertz CT molecular complexity index is 798. The van der Waals surface area contributed by atoms with Crippen molar-refractivity contribution in [3.05, 3.63) is 38.7 Å². The van der Waals surface area contributed by atoms with Crippen LogP contribution in [-0.4, -0.2) is 30.1 Å². The van der Waals surface area contributed by atoms with Crippen LogP contribution in [0.25, 0.3) is 11.0 Å². The molecule has 1 aromatic heterocycles. The summed E-state index contributed by atoms with van der Waals surface area (Å²) in [5.41, 5.74) is -1.41. The molecule has 0 saturated carbocycles. The van der Waals surface area contributed by atoms with Crippen LogP contribution in [0.15, 0.2) is 31.9 Å². The van der Waals surface area contributed by atoms with E-state index in [9.17, 15) is 19.5 Å². The molecular weight excluding hydrogens is 358 g/mol. The Labute approximate surface area is 133 Å². The number of rotatable bonds is 4. The molecule has 0 spiro atoms. The van der Waals surface area contributed by atoms with Crippen molar-refractivity contribution >= 4 is 38.8 Å². The van der Waals surface area contributed by atoms with Gasteiger partial charge in [-0.1, -0.05) is 15.9 Å². The molecule has 0 fully saturated rings. The van der Waals surface area contributed by atoms with Crippen LogP contribution < -0.4 is 10.9 Å². The zero-order valence-electron chi connectivity index (χ0n) is 11.5. The minimum absolute atomic E-state index is 0.138. The van der Waals surface area contributed by atoms with Gasteiger partial charge in [-0.2, -0.15) is 0 Å². The van der Waals surface area contributed by atoms with Crippen molar-refractivity contribution in [2.45, 2.75) is 6.92 Å². The number of carbonyl (C=O) groups excluding carboxylic acids is 2. The monoisotopic (exact) mass is 369 g/mol. The number of esters is 1. The summed E-state index contributed by atoms with van der Waals surface area (Å²) in [6.45, 7) is 1.39. The first-order valence-electron chi connectivity index (χ1n) is 6.33. The van der Waals surface area contributed by atoms with Crippen molar-refractivity contribution in [3.8, 4) is 5.75 Å². The number of benzene rings is 1. The third-order valence-corrected chi connectivity index (χ3v) is 3.26. The second-order valence-electron chi connectivity index (χ2n) is 4.24. The molecule has 0 atom stereocenters. The van der Waals surface area contributed by atoms with E-state index in [0.717, 1.165) is 0 Å². The fourth-order valence-corrected chi connectivity index (χ4v) is 2.15. The Balaban J connectivity index is 2.35. The van der Waals surface area contributed by atoms with Crippen LogP contribution in [0.4, 0.5) is 0 Å². The van der Waals surface area contributed by atoms with Crippen molar-refractivity contribution in [3.63, 3.8) is 0 Å². The van der Waals surface area contributed by atoms with E-state index in [1.807, 2.05) is 0 Å². The average molecular weight is 370 g/mol. The minimum Gasteiger partial charge on any atom is -0.506 e. The van der Waals surface area contributed by atoms with Crippen LogP contribution in [0, 0.1) is 0 Å². The number of fused-ring (bicyclic) bond motifs is 1. The summed E-state index contributed by atoms with van der Waals surface area (Å²) in [6.07, 6.45) is 0. The van der Waals surface area contributed by atoms with E-state index in [4.69, 9.17) is 4.42 Å². The maximum atomic E-state index is 12.0. The van der Waals surface area contributed by atoms with Crippen molar-refractivity contribution in [1.29, 1.82) is 0 Å². The molecule has 0 aliphatic carbocycles. The standard InChI is InChI=1S/C14H12BrNO6/c1-2-21-10(17)6-16-13(19)11-12(18)8-4-3-7(15)5-9(8)22-14(11)20/h3-5,18H,2,6H2,1H3,(H,16,19). The molecule has 8 heteroatoms. The molecule has 2 rings (SSSR count). The number of nitrogens with one attached hydrogen (secondary N) is 1. The molecule has 0 unspecified atom stereocenters. The Hall–Kier alpha value is -2.35. The second-order valence-corrected chi connectivity index (χ2v) is 5.16. The van der Waals surface area contributed by atoms with E-state index < -0.39 is 35.4 Å². The highest BCUT2D eigenvalue weighted by atomic mass is 79.9. The number of carbonyl (C=O) groups is 2. The quantitative estimate of drug-likeness (QED) is 0.625. The van der Waals surface area contributed by atoms with Gasteiger partial charge in [0.2, 0.25) is 0 Å². The molecule has 0 bridgehead atoms. The molecule has 116 valence electrons. The van der Waals surface area contributed by atoms with E-state index in [-0.39, 0.29) is 17.6 Å². The number of ether oxygens (including phenoxy) is 1. The number of amides is 1. The van der Waals surface area contributed by atoms with Crippen LogP contribution in [0.5, 0.6) is 5.75 Å². The predicted octanol–water partition coefficient (Wildman–Crippen LogP) is 1.55. The molecule has 22 heavy (non-hydrogen) atoms. The molecule has 1 aromatic carbocycles. The second kappa shape index (κ2) is 6.61. The van der Waals surface area contributed by atoms with Crippen LogP contribution in [0.3, 0.4) is 0 Å². The van der Waals surface area contributed by atoms with E-state index in [1.165, 1.54) is 12.1 Å². The van der Waals surface area contributed by atoms with E-state index >= 15 is 0 Å². The minimum atomic E-state index is -0.996. The van der Waals surface area contributed by atoms with Gasteiger partial charge >= 0.3 is 11.6 Å². The van der Waals surface area contributed by atoms with Crippen LogP contribution in [0.1, 0.15) is 17.3 Å². The summed E-state index contributed by atoms with van der Waals surface area (Å²) < 4.78 is 10.3. The van der Waals surface area contributed by atoms with E-state index in [0.29, 0.717) is 4.47 Å². The van der Waals surface area contributed by atoms with Crippen LogP contribution >= 0.6 is 15.9 Å². The Kier molecular flexibility index (Phi) is 4.81. The summed E-state index contributed by atoms with van der Waals surface area (Å²) >= 11 is 3.21. The van der Waals surface area contributed by atoms with Gasteiger partial charge < -0.3 is 19.6 Å². The Morgan fingerprint density at radius 2 is 2.14 bits per heavy atom. The molecule has 2 aromatic rings. The van der Waals surface area contributed by atoms with Gasteiger partial charge in [-0.05, 0) is 25.1 Å². The van der Waals surface area contributed by atoms with Crippen molar-refractivity contribution < 1.29 is 23.8 Å². The highest BCUT2D eigenvalue weighted by molar-refractivity contribution is 9.10. The van der Waals surface area contributed by atoms with Crippen molar-refractivity contribution in [1.82, 2.24) is 5.32 Å². The highest BCUT2D eigenvalue weighted by Gasteiger charge is 2.21. The van der Waals surface area contributed by atoms with Gasteiger partial charge in [-0.3, -0.25) is 9.59 Å². The highest BCUT2D eigenvalue weighted by Crippen LogP contribution is 2.28. The van der Waals surface area contributed by atoms with Gasteiger partial charge in [0, 0.05) is 4.47 Å². The average Bonchev–Trinajstić information content (AvgIpc) is 2.45. The topological polar surface area (TPSA) is 106 Å². The molecule has 7 nitrogen and oxygen atoms in total. The third kappa shape index (κ3) is 3.28. The zero-order chi connectivity index (χ0) is 16.3. The largest absolute Gasteiger partial charge is 0.506 e. The van der Waals surface area contributed by atoms with Gasteiger partial charge in [0.1, 0.15) is 17.9 Å². The molecular formula is C14H12BrNO6. The molecule has 1 amide bonds. The summed E-state index contributed by atoms with van der Waals surface area (Å²) in [4.78, 5) is 35.0. The van der Waals surface area contributed by atoms with Gasteiger partial charge in [-0.25, -0.2) is 4.79 Å². The number of hydrogen-bond acceptors (Lipinski definition) is 6. The lowest BCUT2D eigenvalue weighted by Gasteiger charge is -2.07. The fourth-order valence-electron chi connectivity index (χ4n) is 1.81. The SMILES string of the molecule is CCOC(=O)CNC(=O)c1c(O)c2ccc(Br)cc2oc1=O. The predicted molar refractivity (Wildman–Crippen MR) is 80.8 cm³/mol. The first-order chi connectivity index (χ1) is 10.4. The molecule has 2 N–H and O–H groups in total. The summed E-state index contributed by atoms with van der Waals surface area (Å²) in [5, 5.41) is 12.5. The Morgan fingerprint density at radius 3 is 2.82 bits per heavy atom. The Morgan fingerprint density at radius 1 is 1.41 bits per heavy atom. The van der Waals surface area contributed by atoms with E-state index in [2.05, 4.69) is 26.0 Å². The lowest BCUT2D eigenvalue weighted by atomic mass is 10.1. The fraction of sp³-hybridized carbons (Fsp3) is 0.214. The lowest BCUT2D eigenvalue weighted by molar-refractivity contribution is -0.141. The maximum Gasteiger partial charge on any atom is 0.353 e. The number of hydrogen-bond donors (Lipinski definition) is 2. The summed E-state index contributed by atoms with van der Waals surface area (Å²) in [5.74, 6) is -2.06. The molecule has 1 heterocycles. The van der Waals surface area contributed by atoms with Gasteiger partial charge in [0.05, 0.1) is 12.0 Å². The van der Waals surface area contributed by atoms with Gasteiger partial charge in [0.15, 0.2) is 5.56 Å². The first kappa shape index (κ1) is 16.0. The number of aromatic hydroxyl groups is 1. The lowest BCUT2D eigenvalue weighted by Crippen LogP contribution is -2.33. The molecule has 0 aliphatic rings. The van der Waals surface area contributed by atoms with Gasteiger partial charge in [0.25, 0.3) is 5.91 Å². The summed E-state index contributed by atoms with van der Waals surface area (Å²) in [7, 11) is 0. The van der Waals surface area contributed by atoms with Crippen LogP contribution in [0.2, 0.25) is 0 Å².